The van der Waals surface area contributed by atoms with Crippen molar-refractivity contribution in [2.45, 2.75) is 13.3 Å². The molecule has 0 saturated carbocycles. The molecule has 1 N–H and O–H groups in total. The van der Waals surface area contributed by atoms with E-state index in [1.807, 2.05) is 19.1 Å². The molecule has 19 heavy (non-hydrogen) atoms. The highest BCUT2D eigenvalue weighted by Crippen LogP contribution is 2.24. The molecule has 0 atom stereocenters. The van der Waals surface area contributed by atoms with E-state index in [2.05, 4.69) is 15.0 Å². The first kappa shape index (κ1) is 13.2. The zero-order valence-electron chi connectivity index (χ0n) is 10.0. The minimum Gasteiger partial charge on any atom is -0.406 e. The predicted octanol–water partition coefficient (Wildman–Crippen LogP) is 4.03. The summed E-state index contributed by atoms with van der Waals surface area (Å²) in [4.78, 5) is 4.09. The Hall–Kier alpha value is -2.24. The van der Waals surface area contributed by atoms with Crippen LogP contribution in [0.2, 0.25) is 0 Å². The van der Waals surface area contributed by atoms with Gasteiger partial charge in [-0.2, -0.15) is 0 Å². The molecule has 2 aromatic rings. The molecule has 0 radical (unpaired) electrons. The van der Waals surface area contributed by atoms with Gasteiger partial charge in [-0.3, -0.25) is 0 Å². The maximum Gasteiger partial charge on any atom is 0.573 e. The van der Waals surface area contributed by atoms with Crippen LogP contribution in [0, 0.1) is 6.92 Å². The van der Waals surface area contributed by atoms with Crippen LogP contribution in [0.4, 0.5) is 24.7 Å². The number of aryl methyl sites for hydroxylation is 1. The molecular formula is C13H11F3N2O. The summed E-state index contributed by atoms with van der Waals surface area (Å²) in [5.41, 5.74) is 1.67. The van der Waals surface area contributed by atoms with E-state index in [0.29, 0.717) is 11.5 Å². The molecule has 1 aromatic carbocycles. The molecule has 0 bridgehead atoms. The number of rotatable bonds is 3. The summed E-state index contributed by atoms with van der Waals surface area (Å²) in [5, 5.41) is 2.99. The predicted molar refractivity (Wildman–Crippen MR) is 65.4 cm³/mol. The number of nitrogens with zero attached hydrogens (tertiary/aromatic N) is 1. The number of benzene rings is 1. The zero-order valence-corrected chi connectivity index (χ0v) is 10.0. The van der Waals surface area contributed by atoms with E-state index in [4.69, 9.17) is 0 Å². The lowest BCUT2D eigenvalue weighted by atomic mass is 10.2. The maximum absolute atomic E-state index is 12.0. The minimum atomic E-state index is -4.67. The highest BCUT2D eigenvalue weighted by Gasteiger charge is 2.30. The van der Waals surface area contributed by atoms with Crippen LogP contribution < -0.4 is 10.1 Å². The van der Waals surface area contributed by atoms with E-state index in [0.717, 1.165) is 5.56 Å². The van der Waals surface area contributed by atoms with Gasteiger partial charge in [0.1, 0.15) is 11.6 Å². The molecule has 0 spiro atoms. The van der Waals surface area contributed by atoms with E-state index in [1.165, 1.54) is 24.3 Å². The molecule has 1 heterocycles. The fourth-order valence-corrected chi connectivity index (χ4v) is 1.49. The van der Waals surface area contributed by atoms with Crippen LogP contribution in [-0.4, -0.2) is 11.3 Å². The van der Waals surface area contributed by atoms with Crippen molar-refractivity contribution in [1.82, 2.24) is 4.98 Å². The number of alkyl halides is 3. The third-order valence-electron chi connectivity index (χ3n) is 2.28. The number of hydrogen-bond acceptors (Lipinski definition) is 3. The molecule has 0 aliphatic heterocycles. The van der Waals surface area contributed by atoms with E-state index in [9.17, 15) is 13.2 Å². The lowest BCUT2D eigenvalue weighted by molar-refractivity contribution is -0.274. The summed E-state index contributed by atoms with van der Waals surface area (Å²) < 4.78 is 39.7. The van der Waals surface area contributed by atoms with Gasteiger partial charge < -0.3 is 10.1 Å². The van der Waals surface area contributed by atoms with Gasteiger partial charge in [-0.15, -0.1) is 13.2 Å². The molecule has 1 aromatic heterocycles. The third-order valence-corrected chi connectivity index (χ3v) is 2.28. The Balaban J connectivity index is 2.07. The molecule has 0 unspecified atom stereocenters. The van der Waals surface area contributed by atoms with Crippen molar-refractivity contribution in [1.29, 1.82) is 0 Å². The number of nitrogens with one attached hydrogen (secondary N) is 1. The molecule has 0 aliphatic rings. The molecule has 2 rings (SSSR count). The smallest absolute Gasteiger partial charge is 0.406 e. The fraction of sp³-hybridized carbons (Fsp3) is 0.154. The Morgan fingerprint density at radius 3 is 2.37 bits per heavy atom. The monoisotopic (exact) mass is 268 g/mol. The summed E-state index contributed by atoms with van der Waals surface area (Å²) in [6, 6.07) is 9.15. The van der Waals surface area contributed by atoms with Gasteiger partial charge in [-0.05, 0) is 48.9 Å². The van der Waals surface area contributed by atoms with Crippen LogP contribution in [0.1, 0.15) is 5.56 Å². The Kier molecular flexibility index (Phi) is 3.59. The molecule has 0 fully saturated rings. The normalized spacial score (nSPS) is 11.2. The summed E-state index contributed by atoms with van der Waals surface area (Å²) in [7, 11) is 0. The van der Waals surface area contributed by atoms with E-state index < -0.39 is 6.36 Å². The largest absolute Gasteiger partial charge is 0.573 e. The van der Waals surface area contributed by atoms with E-state index in [1.54, 1.807) is 6.20 Å². The van der Waals surface area contributed by atoms with Crippen molar-refractivity contribution in [3.63, 3.8) is 0 Å². The molecular weight excluding hydrogens is 257 g/mol. The number of pyridine rings is 1. The van der Waals surface area contributed by atoms with Gasteiger partial charge in [0, 0.05) is 11.9 Å². The number of aromatic nitrogens is 1. The number of ether oxygens (including phenoxy) is 1. The number of hydrogen-bond donors (Lipinski definition) is 1. The van der Waals surface area contributed by atoms with Gasteiger partial charge in [0.05, 0.1) is 0 Å². The lowest BCUT2D eigenvalue weighted by Crippen LogP contribution is -2.16. The first-order valence-corrected chi connectivity index (χ1v) is 5.48. The standard InChI is InChI=1S/C13H11F3N2O/c1-9-6-7-17-12(8-9)18-10-2-4-11(5-3-10)19-13(14,15)16/h2-8H,1H3,(H,17,18). The first-order valence-electron chi connectivity index (χ1n) is 5.48. The SMILES string of the molecule is Cc1ccnc(Nc2ccc(OC(F)(F)F)cc2)c1. The Bertz CT molecular complexity index is 553. The molecule has 0 aliphatic carbocycles. The fourth-order valence-electron chi connectivity index (χ4n) is 1.49. The molecule has 100 valence electrons. The van der Waals surface area contributed by atoms with Gasteiger partial charge in [0.2, 0.25) is 0 Å². The van der Waals surface area contributed by atoms with Crippen LogP contribution in [-0.2, 0) is 0 Å². The van der Waals surface area contributed by atoms with Crippen LogP contribution in [0.3, 0.4) is 0 Å². The summed E-state index contributed by atoms with van der Waals surface area (Å²) in [5.74, 6) is 0.375. The van der Waals surface area contributed by atoms with Crippen LogP contribution in [0.5, 0.6) is 5.75 Å². The average molecular weight is 268 g/mol. The molecule has 3 nitrogen and oxygen atoms in total. The van der Waals surface area contributed by atoms with Crippen molar-refractivity contribution < 1.29 is 17.9 Å². The third kappa shape index (κ3) is 4.17. The zero-order chi connectivity index (χ0) is 13.9. The van der Waals surface area contributed by atoms with Gasteiger partial charge in [0.15, 0.2) is 0 Å². The van der Waals surface area contributed by atoms with Crippen LogP contribution in [0.25, 0.3) is 0 Å². The van der Waals surface area contributed by atoms with Gasteiger partial charge in [-0.25, -0.2) is 4.98 Å². The van der Waals surface area contributed by atoms with Crippen molar-refractivity contribution in [2.75, 3.05) is 5.32 Å². The van der Waals surface area contributed by atoms with Crippen LogP contribution in [0.15, 0.2) is 42.6 Å². The second-order valence-corrected chi connectivity index (χ2v) is 3.92. The maximum atomic E-state index is 12.0. The quantitative estimate of drug-likeness (QED) is 0.912. The Labute approximate surface area is 108 Å². The summed E-state index contributed by atoms with van der Waals surface area (Å²) in [6.45, 7) is 1.92. The minimum absolute atomic E-state index is 0.254. The summed E-state index contributed by atoms with van der Waals surface area (Å²) >= 11 is 0. The van der Waals surface area contributed by atoms with E-state index >= 15 is 0 Å². The summed E-state index contributed by atoms with van der Waals surface area (Å²) in [6.07, 6.45) is -3.02. The van der Waals surface area contributed by atoms with Gasteiger partial charge >= 0.3 is 6.36 Å². The van der Waals surface area contributed by atoms with Crippen molar-refractivity contribution in [3.05, 3.63) is 48.2 Å². The van der Waals surface area contributed by atoms with Crippen molar-refractivity contribution in [3.8, 4) is 5.75 Å². The van der Waals surface area contributed by atoms with Crippen molar-refractivity contribution >= 4 is 11.5 Å². The number of halogens is 3. The highest BCUT2D eigenvalue weighted by molar-refractivity contribution is 5.57. The highest BCUT2D eigenvalue weighted by atomic mass is 19.4. The second kappa shape index (κ2) is 5.17. The van der Waals surface area contributed by atoms with E-state index in [-0.39, 0.29) is 5.75 Å². The average Bonchev–Trinajstić information content (AvgIpc) is 2.30. The first-order chi connectivity index (χ1) is 8.92. The second-order valence-electron chi connectivity index (χ2n) is 3.92. The number of anilines is 2. The topological polar surface area (TPSA) is 34.2 Å². The lowest BCUT2D eigenvalue weighted by Gasteiger charge is -2.10. The molecule has 0 amide bonds. The molecule has 0 saturated heterocycles. The van der Waals surface area contributed by atoms with Crippen LogP contribution >= 0.6 is 0 Å². The van der Waals surface area contributed by atoms with Crippen molar-refractivity contribution in [2.24, 2.45) is 0 Å². The molecule has 6 heteroatoms. The Morgan fingerprint density at radius 1 is 1.11 bits per heavy atom. The Morgan fingerprint density at radius 2 is 1.79 bits per heavy atom. The van der Waals surface area contributed by atoms with Gasteiger partial charge in [-0.1, -0.05) is 0 Å². The van der Waals surface area contributed by atoms with Gasteiger partial charge in [0.25, 0.3) is 0 Å².